The Morgan fingerprint density at radius 1 is 0.625 bits per heavy atom. The van der Waals surface area contributed by atoms with Crippen LogP contribution in [0.4, 0.5) is 0 Å². The quantitative estimate of drug-likeness (QED) is 0.553. The molecule has 0 aliphatic rings. The number of hydrogen-bond donors (Lipinski definition) is 0. The van der Waals surface area contributed by atoms with E-state index in [1.54, 1.807) is 0 Å². The maximum Gasteiger partial charge on any atom is 0.259 e. The summed E-state index contributed by atoms with van der Waals surface area (Å²) in [6.07, 6.45) is 0. The van der Waals surface area contributed by atoms with Crippen LogP contribution in [0.2, 0.25) is 0 Å². The van der Waals surface area contributed by atoms with Crippen molar-refractivity contribution in [1.29, 1.82) is 0 Å². The molecule has 0 aliphatic heterocycles. The lowest BCUT2D eigenvalue weighted by Crippen LogP contribution is -2.47. The van der Waals surface area contributed by atoms with Crippen molar-refractivity contribution in [2.75, 3.05) is 0 Å². The average molecular weight is 374 g/mol. The second-order valence-corrected chi connectivity index (χ2v) is 15.9. The Morgan fingerprint density at radius 3 is 1.25 bits per heavy atom. The van der Waals surface area contributed by atoms with Crippen molar-refractivity contribution >= 4 is 57.2 Å². The van der Waals surface area contributed by atoms with Gasteiger partial charge in [-0.2, -0.15) is 0 Å². The molecule has 16 heavy (non-hydrogen) atoms. The zero-order valence-corrected chi connectivity index (χ0v) is 12.2. The third-order valence-electron chi connectivity index (χ3n) is 2.27. The predicted molar refractivity (Wildman–Crippen MR) is 87.1 cm³/mol. The van der Waals surface area contributed by atoms with Crippen molar-refractivity contribution in [3.63, 3.8) is 0 Å². The van der Waals surface area contributed by atoms with E-state index in [4.69, 9.17) is 0 Å². The van der Waals surface area contributed by atoms with Crippen molar-refractivity contribution < 1.29 is 0 Å². The molecule has 0 saturated carbocycles. The topological polar surface area (TPSA) is 0 Å². The zero-order chi connectivity index (χ0) is 10.7. The summed E-state index contributed by atoms with van der Waals surface area (Å²) in [5.74, 6) is 0. The van der Waals surface area contributed by atoms with Gasteiger partial charge in [0.15, 0.2) is 0 Å². The molecule has 0 nitrogen and oxygen atoms in total. The van der Waals surface area contributed by atoms with Crippen molar-refractivity contribution in [2.24, 2.45) is 0 Å². The van der Waals surface area contributed by atoms with Gasteiger partial charge in [0.1, 0.15) is 0 Å². The Morgan fingerprint density at radius 2 is 0.938 bits per heavy atom. The summed E-state index contributed by atoms with van der Waals surface area (Å²) in [6, 6.07) is 21.0. The van der Waals surface area contributed by atoms with Gasteiger partial charge in [0.2, 0.25) is 0 Å². The number of halogens is 2. The van der Waals surface area contributed by atoms with Crippen LogP contribution in [0, 0.1) is 0 Å². The molecule has 0 aliphatic carbocycles. The fourth-order valence-corrected chi connectivity index (χ4v) is 6.19. The monoisotopic (exact) mass is 372 g/mol. The van der Waals surface area contributed by atoms with E-state index in [0.29, 0.717) is 0 Å². The smallest absolute Gasteiger partial charge is 0.0987 e. The van der Waals surface area contributed by atoms with Gasteiger partial charge in [0.05, 0.1) is 0 Å². The molecule has 0 aromatic heterocycles. The summed E-state index contributed by atoms with van der Waals surface area (Å²) >= 11 is 7.71. The summed E-state index contributed by atoms with van der Waals surface area (Å²) in [5, 5.41) is 0.829. The van der Waals surface area contributed by atoms with Gasteiger partial charge < -0.3 is 0 Å². The van der Waals surface area contributed by atoms with Crippen LogP contribution in [-0.2, 0) is 0 Å². The molecule has 2 aromatic rings. The van der Waals surface area contributed by atoms with Crippen LogP contribution in [0.25, 0.3) is 0 Å². The number of hydrogen-bond acceptors (Lipinski definition) is 0. The average Bonchev–Trinajstić information content (AvgIpc) is 2.31. The maximum absolute atomic E-state index is 3.85. The molecule has 0 N–H and O–H groups in total. The molecule has 2 rings (SSSR count). The van der Waals surface area contributed by atoms with E-state index in [-0.39, 0.29) is 11.0 Å². The van der Waals surface area contributed by atoms with Crippen molar-refractivity contribution in [2.45, 2.75) is 0 Å². The first-order chi connectivity index (χ1) is 7.21. The highest BCUT2D eigenvalue weighted by Gasteiger charge is 2.30. The summed E-state index contributed by atoms with van der Waals surface area (Å²) in [6.45, 7) is 0. The molecule has 2 aromatic carbocycles. The van der Waals surface area contributed by atoms with E-state index in [1.165, 1.54) is 10.4 Å². The number of benzene rings is 2. The first kappa shape index (κ1) is 13.9. The van der Waals surface area contributed by atoms with Gasteiger partial charge in [-0.05, 0) is 21.3 Å². The van der Waals surface area contributed by atoms with Crippen molar-refractivity contribution in [3.8, 4) is 0 Å². The molecule has 0 amide bonds. The lowest BCUT2D eigenvalue weighted by atomic mass is 10.4. The molecule has 0 atom stereocenters. The second kappa shape index (κ2) is 5.95. The molecule has 0 bridgehead atoms. The van der Waals surface area contributed by atoms with Crippen LogP contribution < -0.4 is 10.4 Å². The largest absolute Gasteiger partial charge is 0.259 e. The summed E-state index contributed by atoms with van der Waals surface area (Å²) in [7, 11) is 0. The van der Waals surface area contributed by atoms with Crippen LogP contribution in [0.5, 0.6) is 0 Å². The first-order valence-electron chi connectivity index (χ1n) is 4.70. The Bertz CT molecular complexity index is 388. The molecular formula is C12H14Br2Si2. The van der Waals surface area contributed by atoms with Crippen LogP contribution in [-0.4, -0.2) is 16.3 Å². The lowest BCUT2D eigenvalue weighted by molar-refractivity contribution is 1.74. The molecule has 0 heterocycles. The maximum atomic E-state index is 3.85. The second-order valence-electron chi connectivity index (χ2n) is 3.31. The molecule has 0 fully saturated rings. The van der Waals surface area contributed by atoms with E-state index in [1.807, 2.05) is 12.1 Å². The van der Waals surface area contributed by atoms with Gasteiger partial charge in [-0.25, -0.2) is 0 Å². The standard InChI is InChI=1S/C12H10Br2Si.H4Si/c13-15(14,11-7-3-1-4-8-11)12-9-5-2-6-10-12;/h1-10H;1H4. The molecule has 4 heteroatoms. The van der Waals surface area contributed by atoms with Gasteiger partial charge in [0, 0.05) is 0 Å². The van der Waals surface area contributed by atoms with Gasteiger partial charge >= 0.3 is 0 Å². The minimum Gasteiger partial charge on any atom is -0.0987 e. The van der Waals surface area contributed by atoms with E-state index in [0.717, 1.165) is 0 Å². The van der Waals surface area contributed by atoms with E-state index in [2.05, 4.69) is 79.1 Å². The van der Waals surface area contributed by atoms with Crippen LogP contribution in [0.1, 0.15) is 0 Å². The molecule has 84 valence electrons. The van der Waals surface area contributed by atoms with E-state index in [9.17, 15) is 0 Å². The Labute approximate surface area is 117 Å². The van der Waals surface area contributed by atoms with Crippen LogP contribution in [0.3, 0.4) is 0 Å². The van der Waals surface area contributed by atoms with E-state index >= 15 is 0 Å². The van der Waals surface area contributed by atoms with Gasteiger partial charge in [-0.1, -0.05) is 91.2 Å². The van der Waals surface area contributed by atoms with E-state index < -0.39 is 5.31 Å². The van der Waals surface area contributed by atoms with Crippen LogP contribution in [0.15, 0.2) is 60.7 Å². The fraction of sp³-hybridized carbons (Fsp3) is 0. The zero-order valence-electron chi connectivity index (χ0n) is 8.03. The first-order valence-corrected chi connectivity index (χ1v) is 11.2. The highest BCUT2D eigenvalue weighted by atomic mass is 79.9. The SMILES string of the molecule is Br[Si](Br)(c1ccccc1)c1ccccc1.[SiH4]. The predicted octanol–water partition coefficient (Wildman–Crippen LogP) is 1.58. The normalized spacial score (nSPS) is 10.6. The summed E-state index contributed by atoms with van der Waals surface area (Å²) in [5.41, 5.74) is 0. The summed E-state index contributed by atoms with van der Waals surface area (Å²) in [4.78, 5) is 0. The van der Waals surface area contributed by atoms with Crippen LogP contribution >= 0.6 is 30.6 Å². The molecule has 0 radical (unpaired) electrons. The minimum absolute atomic E-state index is 0. The summed E-state index contributed by atoms with van der Waals surface area (Å²) < 4.78 is 0. The Balaban J connectivity index is 0.00000128. The van der Waals surface area contributed by atoms with Gasteiger partial charge in [-0.15, -0.1) is 0 Å². The minimum atomic E-state index is -1.83. The number of rotatable bonds is 2. The molecule has 0 saturated heterocycles. The molecule has 0 unspecified atom stereocenters. The lowest BCUT2D eigenvalue weighted by Gasteiger charge is -2.18. The molecule has 0 spiro atoms. The van der Waals surface area contributed by atoms with Gasteiger partial charge in [0.25, 0.3) is 5.31 Å². The third kappa shape index (κ3) is 2.94. The van der Waals surface area contributed by atoms with Crippen molar-refractivity contribution in [3.05, 3.63) is 60.7 Å². The third-order valence-corrected chi connectivity index (χ3v) is 9.88. The Hall–Kier alpha value is -0.166. The highest BCUT2D eigenvalue weighted by Crippen LogP contribution is 2.19. The fourth-order valence-electron chi connectivity index (χ4n) is 1.46. The molecular weight excluding hydrogens is 360 g/mol. The Kier molecular flexibility index (Phi) is 5.17. The van der Waals surface area contributed by atoms with Crippen molar-refractivity contribution in [1.82, 2.24) is 0 Å². The highest BCUT2D eigenvalue weighted by molar-refractivity contribution is 9.52. The van der Waals surface area contributed by atoms with Gasteiger partial charge in [-0.3, -0.25) is 0 Å².